The van der Waals surface area contributed by atoms with Gasteiger partial charge in [0.05, 0.1) is 13.1 Å². The predicted octanol–water partition coefficient (Wildman–Crippen LogP) is 0.725. The molecule has 0 bridgehead atoms. The third kappa shape index (κ3) is 4.16. The van der Waals surface area contributed by atoms with Gasteiger partial charge in [0.2, 0.25) is 11.0 Å². The summed E-state index contributed by atoms with van der Waals surface area (Å²) in [6.07, 6.45) is 3.80. The largest absolute Gasteiger partial charge is 0.337 e. The molecule has 0 aromatic carbocycles. The molecule has 0 saturated carbocycles. The third-order valence-corrected chi connectivity index (χ3v) is 5.01. The van der Waals surface area contributed by atoms with Crippen LogP contribution in [0.4, 0.5) is 5.13 Å². The maximum absolute atomic E-state index is 12.1. The Kier molecular flexibility index (Phi) is 5.22. The number of nitrogens with one attached hydrogen (secondary N) is 1. The van der Waals surface area contributed by atoms with E-state index in [-0.39, 0.29) is 5.91 Å². The zero-order chi connectivity index (χ0) is 17.1. The van der Waals surface area contributed by atoms with Crippen molar-refractivity contribution in [2.45, 2.75) is 26.4 Å². The van der Waals surface area contributed by atoms with Crippen molar-refractivity contribution in [2.75, 3.05) is 31.5 Å². The molecule has 8 nitrogen and oxygen atoms in total. The number of aryl methyl sites for hydroxylation is 2. The monoisotopic (exact) mass is 349 g/mol. The van der Waals surface area contributed by atoms with Crippen LogP contribution in [0.25, 0.3) is 0 Å². The molecular formula is C15H23N7OS. The Balaban J connectivity index is 1.48. The molecule has 0 unspecified atom stereocenters. The van der Waals surface area contributed by atoms with E-state index in [1.807, 2.05) is 26.4 Å². The number of piperazine rings is 1. The van der Waals surface area contributed by atoms with Gasteiger partial charge in [-0.1, -0.05) is 11.3 Å². The number of carbonyl (C=O) groups is 1. The number of nitrogens with zero attached hydrogens (tertiary/aromatic N) is 6. The van der Waals surface area contributed by atoms with E-state index in [0.717, 1.165) is 37.0 Å². The summed E-state index contributed by atoms with van der Waals surface area (Å²) in [5.74, 6) is 1.04. The molecular weight excluding hydrogens is 326 g/mol. The topological polar surface area (TPSA) is 79.2 Å². The molecule has 130 valence electrons. The Bertz CT molecular complexity index is 698. The Morgan fingerprint density at radius 1 is 1.42 bits per heavy atom. The van der Waals surface area contributed by atoms with Gasteiger partial charge in [0, 0.05) is 45.1 Å². The maximum Gasteiger partial charge on any atom is 0.240 e. The van der Waals surface area contributed by atoms with Crippen LogP contribution >= 0.6 is 11.3 Å². The van der Waals surface area contributed by atoms with Gasteiger partial charge in [-0.15, -0.1) is 10.2 Å². The van der Waals surface area contributed by atoms with Gasteiger partial charge >= 0.3 is 0 Å². The van der Waals surface area contributed by atoms with Crippen molar-refractivity contribution in [1.29, 1.82) is 0 Å². The number of imidazole rings is 1. The first kappa shape index (κ1) is 17.0. The van der Waals surface area contributed by atoms with Gasteiger partial charge in [-0.25, -0.2) is 4.98 Å². The molecule has 1 amide bonds. The van der Waals surface area contributed by atoms with Crippen LogP contribution in [0.3, 0.4) is 0 Å². The Labute approximate surface area is 145 Å². The summed E-state index contributed by atoms with van der Waals surface area (Å²) in [6, 6.07) is 0.382. The lowest BCUT2D eigenvalue weighted by atomic mass is 10.2. The molecule has 0 aliphatic carbocycles. The smallest absolute Gasteiger partial charge is 0.240 e. The fourth-order valence-electron chi connectivity index (χ4n) is 2.89. The highest BCUT2D eigenvalue weighted by Crippen LogP contribution is 2.15. The number of hydrogen-bond donors (Lipinski definition) is 1. The van der Waals surface area contributed by atoms with Gasteiger partial charge in [0.1, 0.15) is 10.8 Å². The highest BCUT2D eigenvalue weighted by atomic mass is 32.1. The van der Waals surface area contributed by atoms with E-state index in [1.165, 1.54) is 11.3 Å². The predicted molar refractivity (Wildman–Crippen MR) is 92.8 cm³/mol. The molecule has 24 heavy (non-hydrogen) atoms. The average Bonchev–Trinajstić information content (AvgIpc) is 3.11. The summed E-state index contributed by atoms with van der Waals surface area (Å²) in [5, 5.41) is 12.1. The van der Waals surface area contributed by atoms with Crippen LogP contribution in [0.1, 0.15) is 17.8 Å². The summed E-state index contributed by atoms with van der Waals surface area (Å²) in [7, 11) is 2.02. The van der Waals surface area contributed by atoms with Crippen LogP contribution in [0.15, 0.2) is 12.4 Å². The number of hydrogen-bond acceptors (Lipinski definition) is 7. The van der Waals surface area contributed by atoms with Gasteiger partial charge < -0.3 is 4.57 Å². The van der Waals surface area contributed by atoms with Crippen LogP contribution in [0, 0.1) is 6.92 Å². The quantitative estimate of drug-likeness (QED) is 0.857. The number of rotatable bonds is 5. The molecule has 1 aliphatic heterocycles. The highest BCUT2D eigenvalue weighted by molar-refractivity contribution is 7.15. The molecule has 3 rings (SSSR count). The average molecular weight is 349 g/mol. The normalized spacial score (nSPS) is 19.5. The van der Waals surface area contributed by atoms with E-state index in [4.69, 9.17) is 0 Å². The molecule has 3 heterocycles. The lowest BCUT2D eigenvalue weighted by molar-refractivity contribution is -0.118. The van der Waals surface area contributed by atoms with Gasteiger partial charge in [-0.3, -0.25) is 19.9 Å². The van der Waals surface area contributed by atoms with E-state index in [9.17, 15) is 4.79 Å². The van der Waals surface area contributed by atoms with Crippen LogP contribution in [0.2, 0.25) is 0 Å². The zero-order valence-electron chi connectivity index (χ0n) is 14.3. The summed E-state index contributed by atoms with van der Waals surface area (Å²) < 4.78 is 2.05. The minimum Gasteiger partial charge on any atom is -0.337 e. The third-order valence-electron chi connectivity index (χ3n) is 4.25. The molecule has 1 N–H and O–H groups in total. The number of anilines is 1. The molecule has 0 radical (unpaired) electrons. The molecule has 2 aromatic heterocycles. The van der Waals surface area contributed by atoms with Crippen molar-refractivity contribution in [2.24, 2.45) is 7.05 Å². The first-order valence-electron chi connectivity index (χ1n) is 8.04. The molecule has 9 heteroatoms. The van der Waals surface area contributed by atoms with Crippen molar-refractivity contribution in [3.63, 3.8) is 0 Å². The summed E-state index contributed by atoms with van der Waals surface area (Å²) in [5.41, 5.74) is 0. The van der Waals surface area contributed by atoms with E-state index in [1.54, 1.807) is 0 Å². The molecule has 1 saturated heterocycles. The summed E-state index contributed by atoms with van der Waals surface area (Å²) >= 11 is 1.39. The first-order valence-corrected chi connectivity index (χ1v) is 8.85. The van der Waals surface area contributed by atoms with Crippen LogP contribution in [0.5, 0.6) is 0 Å². The molecule has 1 fully saturated rings. The van der Waals surface area contributed by atoms with E-state index in [0.29, 0.717) is 17.7 Å². The molecule has 2 aromatic rings. The van der Waals surface area contributed by atoms with Gasteiger partial charge in [-0.2, -0.15) is 0 Å². The van der Waals surface area contributed by atoms with Crippen LogP contribution in [-0.2, 0) is 18.4 Å². The minimum atomic E-state index is -0.0316. The standard InChI is InChI=1S/C15H23N7OS/c1-11-8-21(10-14(23)17-15-19-18-12(2)24-15)6-7-22(11)9-13-16-4-5-20(13)3/h4-5,11H,6-10H2,1-3H3,(H,17,19,23)/t11-/m0/s1. The van der Waals surface area contributed by atoms with Crippen molar-refractivity contribution in [1.82, 2.24) is 29.5 Å². The van der Waals surface area contributed by atoms with Crippen molar-refractivity contribution in [3.8, 4) is 0 Å². The Morgan fingerprint density at radius 2 is 2.25 bits per heavy atom. The molecule has 0 spiro atoms. The summed E-state index contributed by atoms with van der Waals surface area (Å²) in [6.45, 7) is 7.97. The van der Waals surface area contributed by atoms with Gasteiger partial charge in [0.25, 0.3) is 0 Å². The zero-order valence-corrected chi connectivity index (χ0v) is 15.1. The van der Waals surface area contributed by atoms with E-state index < -0.39 is 0 Å². The second kappa shape index (κ2) is 7.37. The molecule has 1 atom stereocenters. The molecule has 1 aliphatic rings. The SMILES string of the molecule is Cc1nnc(NC(=O)CN2CCN(Cc3nccn3C)[C@@H](C)C2)s1. The fourth-order valence-corrected chi connectivity index (χ4v) is 3.50. The number of carbonyl (C=O) groups excluding carboxylic acids is 1. The first-order chi connectivity index (χ1) is 11.5. The maximum atomic E-state index is 12.1. The highest BCUT2D eigenvalue weighted by Gasteiger charge is 2.25. The van der Waals surface area contributed by atoms with Crippen molar-refractivity contribution in [3.05, 3.63) is 23.2 Å². The number of aromatic nitrogens is 4. The van der Waals surface area contributed by atoms with E-state index >= 15 is 0 Å². The Hall–Kier alpha value is -1.84. The minimum absolute atomic E-state index is 0.0316. The second-order valence-corrected chi connectivity index (χ2v) is 7.37. The Morgan fingerprint density at radius 3 is 2.88 bits per heavy atom. The van der Waals surface area contributed by atoms with Gasteiger partial charge in [0.15, 0.2) is 0 Å². The number of amides is 1. The van der Waals surface area contributed by atoms with Crippen LogP contribution in [-0.4, -0.2) is 67.7 Å². The van der Waals surface area contributed by atoms with Crippen molar-refractivity contribution < 1.29 is 4.79 Å². The van der Waals surface area contributed by atoms with Gasteiger partial charge in [-0.05, 0) is 13.8 Å². The van der Waals surface area contributed by atoms with Crippen LogP contribution < -0.4 is 5.32 Å². The fraction of sp³-hybridized carbons (Fsp3) is 0.600. The lowest BCUT2D eigenvalue weighted by Gasteiger charge is -2.39. The lowest BCUT2D eigenvalue weighted by Crippen LogP contribution is -2.53. The second-order valence-electron chi connectivity index (χ2n) is 6.18. The van der Waals surface area contributed by atoms with E-state index in [2.05, 4.69) is 41.8 Å². The van der Waals surface area contributed by atoms with Crippen molar-refractivity contribution >= 4 is 22.4 Å². The summed E-state index contributed by atoms with van der Waals surface area (Å²) in [4.78, 5) is 21.1.